The number of ether oxygens (including phenoxy) is 4. The molecule has 1 aromatic carbocycles. The van der Waals surface area contributed by atoms with Gasteiger partial charge >= 0.3 is 6.09 Å². The normalized spacial score (nSPS) is 33.1. The Hall–Kier alpha value is -4.51. The van der Waals surface area contributed by atoms with Crippen molar-refractivity contribution in [3.8, 4) is 11.6 Å². The van der Waals surface area contributed by atoms with E-state index in [0.717, 1.165) is 11.8 Å². The van der Waals surface area contributed by atoms with E-state index in [9.17, 15) is 32.0 Å². The summed E-state index contributed by atoms with van der Waals surface area (Å²) >= 11 is 0. The average molecular weight is 814 g/mol. The maximum Gasteiger partial charge on any atom is 0.408 e. The van der Waals surface area contributed by atoms with E-state index in [4.69, 9.17) is 18.9 Å². The molecule has 3 aliphatic heterocycles. The third kappa shape index (κ3) is 8.14. The smallest absolute Gasteiger partial charge is 0.408 e. The van der Waals surface area contributed by atoms with Crippen molar-refractivity contribution < 1.29 is 50.9 Å². The SMILES string of the molecule is COc1cnc(O[C@@H]2C[C@H]3C(=O)N[C@]4(C(=O)NS(=O)(=O)C5(CF)CC5)C[C@H]4/C=C\CC[C@@H](C)C[C@@H](C)[C@H](NC(=O)OC4(C)CCOC4)C(=O)N3C2)c2ccccc12. The average Bonchev–Trinajstić information content (AvgIpc) is 4.03. The van der Waals surface area contributed by atoms with Crippen molar-refractivity contribution in [2.24, 2.45) is 17.8 Å². The van der Waals surface area contributed by atoms with Crippen LogP contribution in [0.2, 0.25) is 0 Å². The molecule has 4 amide bonds. The number of benzene rings is 1. The second kappa shape index (κ2) is 15.7. The lowest BCUT2D eigenvalue weighted by Gasteiger charge is -2.33. The molecule has 15 nitrogen and oxygen atoms in total. The van der Waals surface area contributed by atoms with E-state index < -0.39 is 86.4 Å². The molecule has 2 aromatic rings. The number of alkyl carbamates (subject to hydrolysis) is 1. The molecule has 57 heavy (non-hydrogen) atoms. The molecule has 5 aliphatic rings. The van der Waals surface area contributed by atoms with Gasteiger partial charge in [0.25, 0.3) is 5.91 Å². The maximum atomic E-state index is 14.9. The predicted molar refractivity (Wildman–Crippen MR) is 205 cm³/mol. The second-order valence-corrected chi connectivity index (χ2v) is 18.8. The van der Waals surface area contributed by atoms with Crippen molar-refractivity contribution in [3.63, 3.8) is 0 Å². The Balaban J connectivity index is 1.22. The van der Waals surface area contributed by atoms with Crippen molar-refractivity contribution in [1.82, 2.24) is 25.2 Å². The van der Waals surface area contributed by atoms with Gasteiger partial charge in [-0.05, 0) is 63.4 Å². The Kier molecular flexibility index (Phi) is 11.2. The summed E-state index contributed by atoms with van der Waals surface area (Å²) in [4.78, 5) is 62.7. The Bertz CT molecular complexity index is 2040. The number of alkyl halides is 1. The zero-order valence-electron chi connectivity index (χ0n) is 32.8. The molecule has 3 N–H and O–H groups in total. The van der Waals surface area contributed by atoms with Gasteiger partial charge in [-0.2, -0.15) is 0 Å². The molecular formula is C40H52FN5O10S. The fourth-order valence-electron chi connectivity index (χ4n) is 8.42. The van der Waals surface area contributed by atoms with Crippen LogP contribution < -0.4 is 24.8 Å². The Morgan fingerprint density at radius 3 is 2.56 bits per heavy atom. The summed E-state index contributed by atoms with van der Waals surface area (Å²) in [5, 5.41) is 7.05. The van der Waals surface area contributed by atoms with Crippen LogP contribution in [0.3, 0.4) is 0 Å². The van der Waals surface area contributed by atoms with Crippen LogP contribution >= 0.6 is 0 Å². The van der Waals surface area contributed by atoms with Gasteiger partial charge in [0.15, 0.2) is 0 Å². The van der Waals surface area contributed by atoms with Crippen LogP contribution in [0.25, 0.3) is 10.8 Å². The number of fused-ring (bicyclic) bond motifs is 3. The Morgan fingerprint density at radius 1 is 1.12 bits per heavy atom. The van der Waals surface area contributed by atoms with Crippen molar-refractivity contribution in [2.75, 3.05) is 33.5 Å². The highest BCUT2D eigenvalue weighted by Crippen LogP contribution is 2.48. The molecule has 2 aliphatic carbocycles. The number of nitrogens with one attached hydrogen (secondary N) is 3. The number of sulfonamides is 1. The minimum absolute atomic E-state index is 0.0154. The third-order valence-corrected chi connectivity index (χ3v) is 14.4. The predicted octanol–water partition coefficient (Wildman–Crippen LogP) is 3.70. The van der Waals surface area contributed by atoms with Gasteiger partial charge in [-0.25, -0.2) is 22.6 Å². The standard InChI is InChI=1S/C40H52FN5O10S/c1-24-9-5-6-10-26-19-40(26,36(49)45-57(51,52)39(22-41)13-14-39)44-33(47)30-18-27(55-34-29-12-8-7-11-28(29)31(53-4)20-42-34)21-46(30)35(48)32(25(2)17-24)43-37(50)56-38(3)15-16-54-23-38/h6-8,10-12,20,24-27,30,32H,5,9,13-19,21-23H2,1-4H3,(H,43,50)(H,44,47)(H,45,49)/b10-6-/t24-,25-,26-,27-,30+,32+,38?,40-/m1/s1. The zero-order valence-corrected chi connectivity index (χ0v) is 33.6. The largest absolute Gasteiger partial charge is 0.494 e. The van der Waals surface area contributed by atoms with Crippen LogP contribution in [0.4, 0.5) is 9.18 Å². The van der Waals surface area contributed by atoms with Crippen molar-refractivity contribution in [3.05, 3.63) is 42.6 Å². The summed E-state index contributed by atoms with van der Waals surface area (Å²) in [5.41, 5.74) is -2.53. The number of amides is 4. The molecule has 7 rings (SSSR count). The van der Waals surface area contributed by atoms with E-state index in [1.54, 1.807) is 6.92 Å². The molecule has 0 bridgehead atoms. The lowest BCUT2D eigenvalue weighted by atomic mass is 9.88. The zero-order chi connectivity index (χ0) is 40.8. The molecule has 2 saturated heterocycles. The summed E-state index contributed by atoms with van der Waals surface area (Å²) in [7, 11) is -2.85. The van der Waals surface area contributed by atoms with Crippen LogP contribution in [0.1, 0.15) is 72.1 Å². The highest BCUT2D eigenvalue weighted by molar-refractivity contribution is 7.91. The van der Waals surface area contributed by atoms with Crippen LogP contribution in [-0.4, -0.2) is 110 Å². The number of pyridine rings is 1. The third-order valence-electron chi connectivity index (χ3n) is 12.3. The summed E-state index contributed by atoms with van der Waals surface area (Å²) in [6.07, 6.45) is 6.34. The first-order valence-corrected chi connectivity index (χ1v) is 21.2. The van der Waals surface area contributed by atoms with Gasteiger partial charge in [0, 0.05) is 29.5 Å². The molecule has 4 heterocycles. The number of hydrogen-bond donors (Lipinski definition) is 3. The van der Waals surface area contributed by atoms with Crippen LogP contribution in [0.15, 0.2) is 42.6 Å². The minimum Gasteiger partial charge on any atom is -0.494 e. The lowest BCUT2D eigenvalue weighted by molar-refractivity contribution is -0.142. The van der Waals surface area contributed by atoms with Crippen molar-refractivity contribution in [1.29, 1.82) is 0 Å². The number of allylic oxidation sites excluding steroid dienone is 1. The molecular weight excluding hydrogens is 762 g/mol. The van der Waals surface area contributed by atoms with Crippen LogP contribution in [0.5, 0.6) is 11.6 Å². The number of hydrogen-bond acceptors (Lipinski definition) is 11. The molecule has 17 heteroatoms. The number of nitrogens with zero attached hydrogens (tertiary/aromatic N) is 2. The first kappa shape index (κ1) is 40.7. The van der Waals surface area contributed by atoms with E-state index >= 15 is 0 Å². The van der Waals surface area contributed by atoms with E-state index in [2.05, 4.69) is 27.3 Å². The van der Waals surface area contributed by atoms with Gasteiger partial charge in [-0.1, -0.05) is 44.2 Å². The summed E-state index contributed by atoms with van der Waals surface area (Å²) in [6, 6.07) is 5.05. The van der Waals surface area contributed by atoms with Gasteiger partial charge in [-0.15, -0.1) is 0 Å². The quantitative estimate of drug-likeness (QED) is 0.313. The summed E-state index contributed by atoms with van der Waals surface area (Å²) in [6.45, 7) is 5.13. The fourth-order valence-corrected chi connectivity index (χ4v) is 9.84. The van der Waals surface area contributed by atoms with E-state index in [0.29, 0.717) is 37.0 Å². The number of halogens is 1. The molecule has 1 aromatic heterocycles. The molecule has 0 radical (unpaired) electrons. The number of aromatic nitrogens is 1. The second-order valence-electron chi connectivity index (χ2n) is 16.8. The molecule has 4 fully saturated rings. The first-order valence-electron chi connectivity index (χ1n) is 19.7. The van der Waals surface area contributed by atoms with E-state index in [1.165, 1.54) is 18.2 Å². The van der Waals surface area contributed by atoms with Gasteiger partial charge in [-0.3, -0.25) is 19.1 Å². The monoisotopic (exact) mass is 813 g/mol. The Labute approximate surface area is 331 Å². The summed E-state index contributed by atoms with van der Waals surface area (Å²) in [5.74, 6) is -2.24. The molecule has 310 valence electrons. The number of rotatable bonds is 9. The van der Waals surface area contributed by atoms with Gasteiger partial charge in [0.1, 0.15) is 46.5 Å². The van der Waals surface area contributed by atoms with Crippen LogP contribution in [-0.2, 0) is 33.9 Å². The molecule has 8 atom stereocenters. The number of carbonyl (C=O) groups excluding carboxylic acids is 4. The molecule has 2 saturated carbocycles. The minimum atomic E-state index is -4.39. The lowest BCUT2D eigenvalue weighted by Crippen LogP contribution is -2.59. The highest BCUT2D eigenvalue weighted by Gasteiger charge is 2.64. The maximum absolute atomic E-state index is 14.9. The van der Waals surface area contributed by atoms with Crippen LogP contribution in [0, 0.1) is 17.8 Å². The van der Waals surface area contributed by atoms with Crippen molar-refractivity contribution >= 4 is 44.6 Å². The van der Waals surface area contributed by atoms with Gasteiger partial charge in [0.2, 0.25) is 27.7 Å². The van der Waals surface area contributed by atoms with E-state index in [1.807, 2.05) is 43.3 Å². The fraction of sp³-hybridized carbons (Fsp3) is 0.625. The first-order chi connectivity index (χ1) is 27.1. The highest BCUT2D eigenvalue weighted by atomic mass is 32.2. The molecule has 1 unspecified atom stereocenters. The number of carbonyl (C=O) groups is 4. The van der Waals surface area contributed by atoms with Crippen molar-refractivity contribution in [2.45, 2.75) is 106 Å². The molecule has 0 spiro atoms. The number of methoxy groups -OCH3 is 1. The topological polar surface area (TPSA) is 192 Å². The Morgan fingerprint density at radius 2 is 1.88 bits per heavy atom. The van der Waals surface area contributed by atoms with Gasteiger partial charge in [0.05, 0.1) is 33.1 Å². The summed E-state index contributed by atoms with van der Waals surface area (Å²) < 4.78 is 63.9. The van der Waals surface area contributed by atoms with Gasteiger partial charge < -0.3 is 34.5 Å². The van der Waals surface area contributed by atoms with E-state index in [-0.39, 0.29) is 50.6 Å².